The quantitative estimate of drug-likeness (QED) is 0.176. The third-order valence-electron chi connectivity index (χ3n) is 11.1. The predicted molar refractivity (Wildman–Crippen MR) is 236 cm³/mol. The highest BCUT2D eigenvalue weighted by Crippen LogP contribution is 2.40. The fourth-order valence-corrected chi connectivity index (χ4v) is 9.39. The number of nitrogens with zero attached hydrogens (tertiary/aromatic N) is 4. The first-order valence-electron chi connectivity index (χ1n) is 19.0. The molecule has 57 heavy (non-hydrogen) atoms. The zero-order chi connectivity index (χ0) is 37.5. The average Bonchev–Trinajstić information content (AvgIpc) is 3.94. The molecule has 0 atom stereocenters. The van der Waals surface area contributed by atoms with E-state index in [0.717, 1.165) is 66.3 Å². The summed E-state index contributed by atoms with van der Waals surface area (Å²) in [5, 5.41) is 6.84. The SMILES string of the molecule is c1ccc(-c2ccc(-c3nc(-c4ccc5oc6cc7c8ccccc8n(-c8ccccc8)c7cc6c5c4)nc(-c4ccc5sc6ccccc6c5c4)n3)cc2)cc1. The van der Waals surface area contributed by atoms with Crippen molar-refractivity contribution in [3.05, 3.63) is 182 Å². The summed E-state index contributed by atoms with van der Waals surface area (Å²) in [6, 6.07) is 63.8. The Bertz CT molecular complexity index is 3510. The van der Waals surface area contributed by atoms with Gasteiger partial charge >= 0.3 is 0 Å². The zero-order valence-corrected chi connectivity index (χ0v) is 31.2. The van der Waals surface area contributed by atoms with Crippen molar-refractivity contribution in [3.63, 3.8) is 0 Å². The molecule has 0 bridgehead atoms. The maximum Gasteiger partial charge on any atom is 0.164 e. The number of aromatic nitrogens is 4. The van der Waals surface area contributed by atoms with Crippen molar-refractivity contribution < 1.29 is 4.42 Å². The molecule has 0 unspecified atom stereocenters. The molecule has 0 spiro atoms. The van der Waals surface area contributed by atoms with Crippen LogP contribution in [0, 0.1) is 0 Å². The third-order valence-corrected chi connectivity index (χ3v) is 12.2. The number of hydrogen-bond acceptors (Lipinski definition) is 5. The Morgan fingerprint density at radius 3 is 1.70 bits per heavy atom. The van der Waals surface area contributed by atoms with Crippen molar-refractivity contribution in [1.29, 1.82) is 0 Å². The highest BCUT2D eigenvalue weighted by Gasteiger charge is 2.19. The van der Waals surface area contributed by atoms with Gasteiger partial charge in [0.25, 0.3) is 0 Å². The van der Waals surface area contributed by atoms with Gasteiger partial charge in [-0.05, 0) is 83.9 Å². The molecule has 0 saturated carbocycles. The van der Waals surface area contributed by atoms with Gasteiger partial charge in [0.2, 0.25) is 0 Å². The summed E-state index contributed by atoms with van der Waals surface area (Å²) in [4.78, 5) is 15.5. The van der Waals surface area contributed by atoms with Gasteiger partial charge < -0.3 is 8.98 Å². The first-order chi connectivity index (χ1) is 28.2. The molecule has 0 saturated heterocycles. The van der Waals surface area contributed by atoms with Crippen LogP contribution in [0.4, 0.5) is 0 Å². The van der Waals surface area contributed by atoms with E-state index >= 15 is 0 Å². The highest BCUT2D eigenvalue weighted by atomic mass is 32.1. The Morgan fingerprint density at radius 2 is 0.912 bits per heavy atom. The van der Waals surface area contributed by atoms with Crippen molar-refractivity contribution >= 4 is 75.3 Å². The molecule has 0 fully saturated rings. The molecule has 4 heterocycles. The second-order valence-electron chi connectivity index (χ2n) is 14.4. The fourth-order valence-electron chi connectivity index (χ4n) is 8.30. The minimum absolute atomic E-state index is 0.605. The largest absolute Gasteiger partial charge is 0.456 e. The first kappa shape index (κ1) is 31.9. The molecule has 0 amide bonds. The lowest BCUT2D eigenvalue weighted by molar-refractivity contribution is 0.669. The molecule has 0 aliphatic rings. The minimum Gasteiger partial charge on any atom is -0.456 e. The van der Waals surface area contributed by atoms with Gasteiger partial charge in [-0.2, -0.15) is 0 Å². The summed E-state index contributed by atoms with van der Waals surface area (Å²) in [7, 11) is 0. The molecular weight excluding hydrogens is 717 g/mol. The van der Waals surface area contributed by atoms with Crippen LogP contribution >= 0.6 is 11.3 Å². The molecule has 4 aromatic heterocycles. The second kappa shape index (κ2) is 12.6. The Kier molecular flexibility index (Phi) is 7.03. The van der Waals surface area contributed by atoms with E-state index in [1.165, 1.54) is 31.1 Å². The van der Waals surface area contributed by atoms with Crippen molar-refractivity contribution in [2.24, 2.45) is 0 Å². The van der Waals surface area contributed by atoms with Gasteiger partial charge in [0.05, 0.1) is 11.0 Å². The van der Waals surface area contributed by atoms with Gasteiger partial charge in [-0.1, -0.05) is 109 Å². The van der Waals surface area contributed by atoms with E-state index in [4.69, 9.17) is 19.4 Å². The lowest BCUT2D eigenvalue weighted by Gasteiger charge is -2.10. The van der Waals surface area contributed by atoms with Crippen molar-refractivity contribution in [2.45, 2.75) is 0 Å². The maximum atomic E-state index is 6.56. The Balaban J connectivity index is 1.05. The lowest BCUT2D eigenvalue weighted by atomic mass is 10.0. The normalized spacial score (nSPS) is 11.9. The maximum absolute atomic E-state index is 6.56. The van der Waals surface area contributed by atoms with Crippen LogP contribution in [0.25, 0.3) is 115 Å². The van der Waals surface area contributed by atoms with E-state index < -0.39 is 0 Å². The number of thiophene rings is 1. The molecule has 12 aromatic rings. The number of fused-ring (bicyclic) bond motifs is 9. The number of furan rings is 1. The van der Waals surface area contributed by atoms with Crippen LogP contribution in [0.1, 0.15) is 0 Å². The molecule has 8 aromatic carbocycles. The summed E-state index contributed by atoms with van der Waals surface area (Å²) in [6.07, 6.45) is 0. The molecular formula is C51H30N4OS. The van der Waals surface area contributed by atoms with Gasteiger partial charge in [0.15, 0.2) is 17.5 Å². The monoisotopic (exact) mass is 746 g/mol. The lowest BCUT2D eigenvalue weighted by Crippen LogP contribution is -2.00. The Morgan fingerprint density at radius 1 is 0.351 bits per heavy atom. The van der Waals surface area contributed by atoms with Gasteiger partial charge in [0, 0.05) is 64.1 Å². The molecule has 0 radical (unpaired) electrons. The van der Waals surface area contributed by atoms with E-state index in [-0.39, 0.29) is 0 Å². The summed E-state index contributed by atoms with van der Waals surface area (Å²) in [5.41, 5.74) is 10.1. The summed E-state index contributed by atoms with van der Waals surface area (Å²) < 4.78 is 11.4. The predicted octanol–water partition coefficient (Wildman–Crippen LogP) is 13.9. The Hall–Kier alpha value is -7.41. The van der Waals surface area contributed by atoms with Crippen LogP contribution in [0.3, 0.4) is 0 Å². The summed E-state index contributed by atoms with van der Waals surface area (Å²) in [5.74, 6) is 1.86. The molecule has 0 aliphatic heterocycles. The van der Waals surface area contributed by atoms with E-state index in [1.54, 1.807) is 11.3 Å². The zero-order valence-electron chi connectivity index (χ0n) is 30.4. The molecule has 5 nitrogen and oxygen atoms in total. The molecule has 12 rings (SSSR count). The molecule has 0 aliphatic carbocycles. The number of rotatable bonds is 5. The van der Waals surface area contributed by atoms with Gasteiger partial charge in [-0.3, -0.25) is 0 Å². The van der Waals surface area contributed by atoms with Crippen LogP contribution < -0.4 is 0 Å². The second-order valence-corrected chi connectivity index (χ2v) is 15.5. The van der Waals surface area contributed by atoms with E-state index in [9.17, 15) is 0 Å². The first-order valence-corrected chi connectivity index (χ1v) is 19.8. The molecule has 266 valence electrons. The van der Waals surface area contributed by atoms with Crippen molar-refractivity contribution in [2.75, 3.05) is 0 Å². The highest BCUT2D eigenvalue weighted by molar-refractivity contribution is 7.25. The molecule has 0 N–H and O–H groups in total. The van der Waals surface area contributed by atoms with E-state index in [0.29, 0.717) is 17.5 Å². The van der Waals surface area contributed by atoms with Crippen LogP contribution in [0.2, 0.25) is 0 Å². The third kappa shape index (κ3) is 5.19. The van der Waals surface area contributed by atoms with E-state index in [2.05, 4.69) is 174 Å². The topological polar surface area (TPSA) is 56.7 Å². The van der Waals surface area contributed by atoms with Gasteiger partial charge in [-0.15, -0.1) is 11.3 Å². The number of benzene rings is 8. The van der Waals surface area contributed by atoms with Gasteiger partial charge in [-0.25, -0.2) is 15.0 Å². The fraction of sp³-hybridized carbons (Fsp3) is 0. The summed E-state index contributed by atoms with van der Waals surface area (Å²) >= 11 is 1.81. The van der Waals surface area contributed by atoms with Crippen LogP contribution in [-0.2, 0) is 0 Å². The standard InChI is InChI=1S/C51H30N4OS/c1-3-11-31(12-4-1)32-19-21-33(22-20-32)49-52-50(54-51(53-49)35-24-26-48-42(28-35)38-16-8-10-18-47(38)57-48)34-23-25-45-40(27-34)41-29-44-39(30-46(41)56-45)37-15-7-9-17-43(37)55(44)36-13-5-2-6-14-36/h1-30H. The smallest absolute Gasteiger partial charge is 0.164 e. The number of para-hydroxylation sites is 2. The van der Waals surface area contributed by atoms with Crippen molar-refractivity contribution in [1.82, 2.24) is 19.5 Å². The Labute approximate surface area is 330 Å². The van der Waals surface area contributed by atoms with E-state index in [1.807, 2.05) is 12.1 Å². The number of hydrogen-bond donors (Lipinski definition) is 0. The summed E-state index contributed by atoms with van der Waals surface area (Å²) in [6.45, 7) is 0. The minimum atomic E-state index is 0.605. The van der Waals surface area contributed by atoms with Gasteiger partial charge in [0.1, 0.15) is 11.2 Å². The van der Waals surface area contributed by atoms with Crippen LogP contribution in [-0.4, -0.2) is 19.5 Å². The van der Waals surface area contributed by atoms with Crippen LogP contribution in [0.15, 0.2) is 186 Å². The van der Waals surface area contributed by atoms with Crippen LogP contribution in [0.5, 0.6) is 0 Å². The molecule has 6 heteroatoms. The average molecular weight is 747 g/mol. The van der Waals surface area contributed by atoms with Crippen molar-refractivity contribution in [3.8, 4) is 51.0 Å².